The van der Waals surface area contributed by atoms with Gasteiger partial charge in [-0.2, -0.15) is 0 Å². The Kier molecular flexibility index (Phi) is 6.61. The number of nitrogens with zero attached hydrogens (tertiary/aromatic N) is 1. The van der Waals surface area contributed by atoms with Crippen molar-refractivity contribution in [3.05, 3.63) is 99.6 Å². The van der Waals surface area contributed by atoms with Gasteiger partial charge in [0.15, 0.2) is 0 Å². The standard InChI is InChI=1S/C27H24ClNO5/c1-16-14-21(34-3)12-13-22(16)25(30)23-24(18-6-8-19(28)9-7-18)29(27(32)26(23)31)15-17-4-10-20(33-2)11-5-17/h4-14,24,30H,15H2,1-3H3/b25-23-. The van der Waals surface area contributed by atoms with E-state index in [4.69, 9.17) is 21.1 Å². The van der Waals surface area contributed by atoms with Crippen molar-refractivity contribution >= 4 is 29.1 Å². The Bertz CT molecular complexity index is 1270. The molecule has 0 aromatic heterocycles. The van der Waals surface area contributed by atoms with Crippen LogP contribution in [-0.4, -0.2) is 35.9 Å². The second kappa shape index (κ2) is 9.61. The molecular weight excluding hydrogens is 454 g/mol. The second-order valence-corrected chi connectivity index (χ2v) is 8.44. The van der Waals surface area contributed by atoms with Crippen LogP contribution < -0.4 is 9.47 Å². The van der Waals surface area contributed by atoms with Crippen LogP contribution in [0.15, 0.2) is 72.3 Å². The molecule has 0 radical (unpaired) electrons. The molecule has 34 heavy (non-hydrogen) atoms. The molecule has 1 aliphatic heterocycles. The summed E-state index contributed by atoms with van der Waals surface area (Å²) in [5.74, 6) is -0.321. The van der Waals surface area contributed by atoms with Gasteiger partial charge < -0.3 is 19.5 Å². The lowest BCUT2D eigenvalue weighted by Crippen LogP contribution is -2.29. The van der Waals surface area contributed by atoms with E-state index in [0.29, 0.717) is 33.2 Å². The topological polar surface area (TPSA) is 76.1 Å². The normalized spacial score (nSPS) is 17.2. The average molecular weight is 478 g/mol. The van der Waals surface area contributed by atoms with Gasteiger partial charge in [0, 0.05) is 17.1 Å². The van der Waals surface area contributed by atoms with E-state index in [1.807, 2.05) is 19.1 Å². The number of carbonyl (C=O) groups excluding carboxylic acids is 2. The number of aliphatic hydroxyl groups is 1. The summed E-state index contributed by atoms with van der Waals surface area (Å²) in [4.78, 5) is 27.9. The van der Waals surface area contributed by atoms with Crippen molar-refractivity contribution in [3.63, 3.8) is 0 Å². The van der Waals surface area contributed by atoms with Crippen LogP contribution in [0.25, 0.3) is 5.76 Å². The van der Waals surface area contributed by atoms with E-state index in [0.717, 1.165) is 5.56 Å². The van der Waals surface area contributed by atoms with Crippen LogP contribution in [0.5, 0.6) is 11.5 Å². The summed E-state index contributed by atoms with van der Waals surface area (Å²) in [5, 5.41) is 11.8. The number of hydrogen-bond acceptors (Lipinski definition) is 5. The third-order valence-corrected chi connectivity index (χ3v) is 6.18. The van der Waals surface area contributed by atoms with Crippen molar-refractivity contribution in [2.45, 2.75) is 19.5 Å². The van der Waals surface area contributed by atoms with Crippen LogP contribution in [0.2, 0.25) is 5.02 Å². The molecule has 1 atom stereocenters. The number of hydrogen-bond donors (Lipinski definition) is 1. The Morgan fingerprint density at radius 1 is 0.941 bits per heavy atom. The van der Waals surface area contributed by atoms with E-state index in [1.54, 1.807) is 68.8 Å². The summed E-state index contributed by atoms with van der Waals surface area (Å²) in [5.41, 5.74) is 2.71. The van der Waals surface area contributed by atoms with Gasteiger partial charge in [-0.05, 0) is 66.1 Å². The minimum Gasteiger partial charge on any atom is -0.507 e. The first kappa shape index (κ1) is 23.4. The predicted molar refractivity (Wildman–Crippen MR) is 130 cm³/mol. The van der Waals surface area contributed by atoms with Crippen molar-refractivity contribution in [2.75, 3.05) is 14.2 Å². The summed E-state index contributed by atoms with van der Waals surface area (Å²) in [6.07, 6.45) is 0. The molecular formula is C27H24ClNO5. The van der Waals surface area contributed by atoms with Crippen molar-refractivity contribution in [3.8, 4) is 11.5 Å². The first-order chi connectivity index (χ1) is 16.3. The van der Waals surface area contributed by atoms with Gasteiger partial charge >= 0.3 is 0 Å². The molecule has 1 unspecified atom stereocenters. The maximum atomic E-state index is 13.2. The highest BCUT2D eigenvalue weighted by molar-refractivity contribution is 6.46. The minimum absolute atomic E-state index is 0.0362. The Morgan fingerprint density at radius 3 is 2.15 bits per heavy atom. The minimum atomic E-state index is -0.777. The van der Waals surface area contributed by atoms with E-state index in [-0.39, 0.29) is 17.9 Å². The molecule has 1 heterocycles. The fourth-order valence-electron chi connectivity index (χ4n) is 4.14. The van der Waals surface area contributed by atoms with Gasteiger partial charge in [0.2, 0.25) is 0 Å². The van der Waals surface area contributed by atoms with E-state index in [2.05, 4.69) is 0 Å². The highest BCUT2D eigenvalue weighted by Gasteiger charge is 2.46. The molecule has 1 fully saturated rings. The maximum absolute atomic E-state index is 13.2. The van der Waals surface area contributed by atoms with E-state index in [1.165, 1.54) is 4.90 Å². The zero-order chi connectivity index (χ0) is 24.4. The lowest BCUT2D eigenvalue weighted by molar-refractivity contribution is -0.140. The van der Waals surface area contributed by atoms with Crippen LogP contribution in [-0.2, 0) is 16.1 Å². The van der Waals surface area contributed by atoms with E-state index < -0.39 is 17.7 Å². The van der Waals surface area contributed by atoms with Gasteiger partial charge in [-0.25, -0.2) is 0 Å². The summed E-state index contributed by atoms with van der Waals surface area (Å²) < 4.78 is 10.5. The van der Waals surface area contributed by atoms with Crippen LogP contribution in [0.4, 0.5) is 0 Å². The number of carbonyl (C=O) groups is 2. The molecule has 1 N–H and O–H groups in total. The number of ketones is 1. The second-order valence-electron chi connectivity index (χ2n) is 8.01. The van der Waals surface area contributed by atoms with Crippen molar-refractivity contribution < 1.29 is 24.2 Å². The molecule has 4 rings (SSSR count). The number of methoxy groups -OCH3 is 2. The fraction of sp³-hybridized carbons (Fsp3) is 0.185. The monoisotopic (exact) mass is 477 g/mol. The number of aryl methyl sites for hydroxylation is 1. The van der Waals surface area contributed by atoms with Gasteiger partial charge in [0.05, 0.1) is 25.8 Å². The summed E-state index contributed by atoms with van der Waals surface area (Å²) in [7, 11) is 3.13. The molecule has 3 aromatic rings. The molecule has 1 amide bonds. The average Bonchev–Trinajstić information content (AvgIpc) is 3.09. The molecule has 0 spiro atoms. The number of halogens is 1. The molecule has 0 bridgehead atoms. The molecule has 7 heteroatoms. The van der Waals surface area contributed by atoms with Crippen molar-refractivity contribution in [2.24, 2.45) is 0 Å². The number of amides is 1. The van der Waals surface area contributed by atoms with Gasteiger partial charge in [0.25, 0.3) is 11.7 Å². The van der Waals surface area contributed by atoms with Crippen molar-refractivity contribution in [1.29, 1.82) is 0 Å². The Morgan fingerprint density at radius 2 is 1.56 bits per heavy atom. The molecule has 0 aliphatic carbocycles. The maximum Gasteiger partial charge on any atom is 0.295 e. The number of ether oxygens (including phenoxy) is 2. The zero-order valence-electron chi connectivity index (χ0n) is 19.0. The third-order valence-electron chi connectivity index (χ3n) is 5.93. The molecule has 3 aromatic carbocycles. The quantitative estimate of drug-likeness (QED) is 0.296. The largest absolute Gasteiger partial charge is 0.507 e. The van der Waals surface area contributed by atoms with Crippen LogP contribution >= 0.6 is 11.6 Å². The van der Waals surface area contributed by atoms with Gasteiger partial charge in [-0.3, -0.25) is 9.59 Å². The SMILES string of the molecule is COc1ccc(CN2C(=O)C(=O)/C(=C(\O)c3ccc(OC)cc3C)C2c2ccc(Cl)cc2)cc1. The van der Waals surface area contributed by atoms with Gasteiger partial charge in [0.1, 0.15) is 17.3 Å². The lowest BCUT2D eigenvalue weighted by atomic mass is 9.94. The zero-order valence-corrected chi connectivity index (χ0v) is 19.8. The Labute approximate surface area is 203 Å². The van der Waals surface area contributed by atoms with Crippen LogP contribution in [0.3, 0.4) is 0 Å². The number of benzene rings is 3. The van der Waals surface area contributed by atoms with E-state index >= 15 is 0 Å². The molecule has 1 aliphatic rings. The summed E-state index contributed by atoms with van der Waals surface area (Å²) >= 11 is 6.08. The lowest BCUT2D eigenvalue weighted by Gasteiger charge is -2.25. The summed E-state index contributed by atoms with van der Waals surface area (Å²) in [6.45, 7) is 1.99. The predicted octanol–water partition coefficient (Wildman–Crippen LogP) is 5.29. The van der Waals surface area contributed by atoms with Gasteiger partial charge in [-0.15, -0.1) is 0 Å². The Balaban J connectivity index is 1.84. The highest BCUT2D eigenvalue weighted by Crippen LogP contribution is 2.41. The Hall–Kier alpha value is -3.77. The first-order valence-corrected chi connectivity index (χ1v) is 11.0. The third kappa shape index (κ3) is 4.37. The number of rotatable bonds is 6. The number of likely N-dealkylation sites (tertiary alicyclic amines) is 1. The summed E-state index contributed by atoms with van der Waals surface area (Å²) in [6, 6.07) is 18.5. The molecule has 0 saturated carbocycles. The van der Waals surface area contributed by atoms with Crippen molar-refractivity contribution in [1.82, 2.24) is 4.90 Å². The van der Waals surface area contributed by atoms with Gasteiger partial charge in [-0.1, -0.05) is 35.9 Å². The molecule has 174 valence electrons. The molecule has 1 saturated heterocycles. The number of Topliss-reactive ketones (excluding diaryl/α,β-unsaturated/α-hetero) is 1. The van der Waals surface area contributed by atoms with Crippen LogP contribution in [0, 0.1) is 6.92 Å². The number of aliphatic hydroxyl groups excluding tert-OH is 1. The fourth-order valence-corrected chi connectivity index (χ4v) is 4.26. The van der Waals surface area contributed by atoms with Crippen LogP contribution in [0.1, 0.15) is 28.3 Å². The highest BCUT2D eigenvalue weighted by atomic mass is 35.5. The smallest absolute Gasteiger partial charge is 0.295 e. The van der Waals surface area contributed by atoms with E-state index in [9.17, 15) is 14.7 Å². The molecule has 6 nitrogen and oxygen atoms in total. The first-order valence-electron chi connectivity index (χ1n) is 10.7.